The molecular formula is C12H20O2SSi. The molecule has 0 radical (unpaired) electrons. The molecule has 2 nitrogen and oxygen atoms in total. The molecule has 0 spiro atoms. The molecule has 0 amide bonds. The van der Waals surface area contributed by atoms with E-state index in [1.807, 2.05) is 31.0 Å². The third kappa shape index (κ3) is 4.70. The van der Waals surface area contributed by atoms with Gasteiger partial charge in [-0.15, -0.1) is 11.8 Å². The monoisotopic (exact) mass is 256 g/mol. The van der Waals surface area contributed by atoms with Gasteiger partial charge in [-0.1, -0.05) is 12.1 Å². The zero-order chi connectivity index (χ0) is 12.0. The zero-order valence-corrected chi connectivity index (χ0v) is 12.0. The Balaban J connectivity index is 2.37. The van der Waals surface area contributed by atoms with Gasteiger partial charge in [0.15, 0.2) is 8.32 Å². The average molecular weight is 256 g/mol. The van der Waals surface area contributed by atoms with Crippen LogP contribution in [0.4, 0.5) is 0 Å². The summed E-state index contributed by atoms with van der Waals surface area (Å²) in [6.07, 6.45) is 0. The minimum atomic E-state index is -1.41. The summed E-state index contributed by atoms with van der Waals surface area (Å²) in [5, 5.41) is 8.93. The van der Waals surface area contributed by atoms with Crippen LogP contribution in [-0.4, -0.2) is 26.3 Å². The van der Waals surface area contributed by atoms with E-state index in [4.69, 9.17) is 9.53 Å². The lowest BCUT2D eigenvalue weighted by atomic mass is 10.2. The van der Waals surface area contributed by atoms with Gasteiger partial charge in [0.05, 0.1) is 6.61 Å². The highest BCUT2D eigenvalue weighted by molar-refractivity contribution is 7.99. The van der Waals surface area contributed by atoms with Crippen molar-refractivity contribution in [2.24, 2.45) is 0 Å². The lowest BCUT2D eigenvalue weighted by Gasteiger charge is -2.19. The molecule has 90 valence electrons. The summed E-state index contributed by atoms with van der Waals surface area (Å²) >= 11 is 1.85. The molecule has 0 fully saturated rings. The van der Waals surface area contributed by atoms with E-state index < -0.39 is 8.32 Å². The summed E-state index contributed by atoms with van der Waals surface area (Å²) in [5.41, 5.74) is 0.968. The highest BCUT2D eigenvalue weighted by atomic mass is 32.2. The molecule has 0 atom stereocenters. The normalized spacial score (nSPS) is 11.8. The van der Waals surface area contributed by atoms with Gasteiger partial charge in [0.25, 0.3) is 0 Å². The largest absolute Gasteiger partial charge is 0.420 e. The Morgan fingerprint density at radius 2 is 1.88 bits per heavy atom. The minimum Gasteiger partial charge on any atom is -0.420 e. The Kier molecular flexibility index (Phi) is 5.55. The fourth-order valence-corrected chi connectivity index (χ4v) is 4.35. The summed E-state index contributed by atoms with van der Waals surface area (Å²) in [7, 11) is 0.403. The topological polar surface area (TPSA) is 29.5 Å². The molecule has 0 saturated heterocycles. The average Bonchev–Trinajstić information content (AvgIpc) is 2.30. The number of rotatable bonds is 6. The van der Waals surface area contributed by atoms with Gasteiger partial charge in [0, 0.05) is 12.0 Å². The van der Waals surface area contributed by atoms with Gasteiger partial charge in [-0.3, -0.25) is 0 Å². The fourth-order valence-electron chi connectivity index (χ4n) is 1.21. The Morgan fingerprint density at radius 3 is 2.38 bits per heavy atom. The lowest BCUT2D eigenvalue weighted by Crippen LogP contribution is -2.28. The molecule has 1 aromatic rings. The van der Waals surface area contributed by atoms with Gasteiger partial charge in [-0.05, 0) is 42.6 Å². The maximum Gasteiger partial charge on any atom is 0.187 e. The highest BCUT2D eigenvalue weighted by Gasteiger charge is 2.19. The van der Waals surface area contributed by atoms with Crippen LogP contribution in [0.15, 0.2) is 29.2 Å². The second kappa shape index (κ2) is 6.44. The van der Waals surface area contributed by atoms with Crippen LogP contribution in [0.5, 0.6) is 0 Å². The van der Waals surface area contributed by atoms with Crippen molar-refractivity contribution in [2.75, 3.05) is 12.9 Å². The van der Waals surface area contributed by atoms with Crippen LogP contribution in [0, 0.1) is 0 Å². The molecule has 1 N–H and O–H groups in total. The van der Waals surface area contributed by atoms with Gasteiger partial charge in [0.2, 0.25) is 0 Å². The van der Waals surface area contributed by atoms with Crippen molar-refractivity contribution in [1.82, 2.24) is 0 Å². The summed E-state index contributed by atoms with van der Waals surface area (Å²) in [6, 6.07) is 9.24. The first-order valence-corrected chi connectivity index (χ1v) is 9.55. The van der Waals surface area contributed by atoms with E-state index >= 15 is 0 Å². The zero-order valence-electron chi connectivity index (χ0n) is 10.2. The highest BCUT2D eigenvalue weighted by Crippen LogP contribution is 2.22. The summed E-state index contributed by atoms with van der Waals surface area (Å²) in [6.45, 7) is 4.60. The number of thioether (sulfide) groups is 1. The van der Waals surface area contributed by atoms with Gasteiger partial charge in [-0.25, -0.2) is 0 Å². The first-order chi connectivity index (χ1) is 7.57. The second-order valence-corrected chi connectivity index (χ2v) is 9.96. The molecule has 0 unspecified atom stereocenters. The van der Waals surface area contributed by atoms with E-state index in [0.717, 1.165) is 17.4 Å². The summed E-state index contributed by atoms with van der Waals surface area (Å²) in [5.74, 6) is 1.10. The molecule has 0 heterocycles. The van der Waals surface area contributed by atoms with Gasteiger partial charge in [0.1, 0.15) is 0 Å². The lowest BCUT2D eigenvalue weighted by molar-refractivity contribution is 0.282. The standard InChI is InChI=1S/C12H20O2SSi/c1-14-16(2,3)9-8-15-12-6-4-11(10-13)5-7-12/h4-7,13H,8-10H2,1-3H3. The van der Waals surface area contributed by atoms with E-state index in [1.165, 1.54) is 4.90 Å². The van der Waals surface area contributed by atoms with Crippen LogP contribution in [0.3, 0.4) is 0 Å². The molecule has 0 aromatic heterocycles. The second-order valence-electron chi connectivity index (χ2n) is 4.36. The van der Waals surface area contributed by atoms with Crippen molar-refractivity contribution in [3.05, 3.63) is 29.8 Å². The Morgan fingerprint density at radius 1 is 1.25 bits per heavy atom. The first-order valence-electron chi connectivity index (χ1n) is 5.45. The molecule has 4 heteroatoms. The first kappa shape index (κ1) is 13.8. The van der Waals surface area contributed by atoms with Crippen molar-refractivity contribution in [1.29, 1.82) is 0 Å². The molecule has 0 aliphatic carbocycles. The number of aliphatic hydroxyl groups excluding tert-OH is 1. The van der Waals surface area contributed by atoms with E-state index in [2.05, 4.69) is 25.2 Å². The smallest absolute Gasteiger partial charge is 0.187 e. The van der Waals surface area contributed by atoms with Gasteiger partial charge in [-0.2, -0.15) is 0 Å². The van der Waals surface area contributed by atoms with Crippen LogP contribution < -0.4 is 0 Å². The minimum absolute atomic E-state index is 0.120. The van der Waals surface area contributed by atoms with Crippen molar-refractivity contribution >= 4 is 20.1 Å². The third-order valence-corrected chi connectivity index (χ3v) is 6.57. The SMILES string of the molecule is CO[Si](C)(C)CCSc1ccc(CO)cc1. The summed E-state index contributed by atoms with van der Waals surface area (Å²) in [4.78, 5) is 1.26. The molecule has 1 rings (SSSR count). The van der Waals surface area contributed by atoms with E-state index in [1.54, 1.807) is 0 Å². The van der Waals surface area contributed by atoms with Crippen molar-refractivity contribution in [2.45, 2.75) is 30.6 Å². The van der Waals surface area contributed by atoms with Gasteiger partial charge < -0.3 is 9.53 Å². The summed E-state index contributed by atoms with van der Waals surface area (Å²) < 4.78 is 5.50. The Bertz CT molecular complexity index is 311. The van der Waals surface area contributed by atoms with Crippen molar-refractivity contribution in [3.63, 3.8) is 0 Å². The van der Waals surface area contributed by atoms with E-state index in [0.29, 0.717) is 0 Å². The molecule has 16 heavy (non-hydrogen) atoms. The van der Waals surface area contributed by atoms with Crippen molar-refractivity contribution in [3.8, 4) is 0 Å². The van der Waals surface area contributed by atoms with Crippen molar-refractivity contribution < 1.29 is 9.53 Å². The number of hydrogen-bond acceptors (Lipinski definition) is 3. The molecule has 1 aromatic carbocycles. The van der Waals surface area contributed by atoms with Crippen LogP contribution in [0.25, 0.3) is 0 Å². The molecule has 0 bridgehead atoms. The number of aliphatic hydroxyl groups is 1. The number of hydrogen-bond donors (Lipinski definition) is 1. The fraction of sp³-hybridized carbons (Fsp3) is 0.500. The van der Waals surface area contributed by atoms with E-state index in [-0.39, 0.29) is 6.61 Å². The number of benzene rings is 1. The molecular weight excluding hydrogens is 236 g/mol. The maximum atomic E-state index is 8.93. The van der Waals surface area contributed by atoms with Gasteiger partial charge >= 0.3 is 0 Å². The van der Waals surface area contributed by atoms with Crippen LogP contribution in [0.1, 0.15) is 5.56 Å². The Labute approximate surface area is 103 Å². The van der Waals surface area contributed by atoms with Crippen LogP contribution in [0.2, 0.25) is 19.1 Å². The molecule has 0 aliphatic rings. The predicted octanol–water partition coefficient (Wildman–Crippen LogP) is 3.12. The maximum absolute atomic E-state index is 8.93. The Hall–Kier alpha value is -0.293. The molecule has 0 aliphatic heterocycles. The van der Waals surface area contributed by atoms with E-state index in [9.17, 15) is 0 Å². The predicted molar refractivity (Wildman–Crippen MR) is 72.4 cm³/mol. The quantitative estimate of drug-likeness (QED) is 0.626. The van der Waals surface area contributed by atoms with Crippen LogP contribution >= 0.6 is 11.8 Å². The van der Waals surface area contributed by atoms with Crippen LogP contribution in [-0.2, 0) is 11.0 Å². The third-order valence-electron chi connectivity index (χ3n) is 2.63. The molecule has 0 saturated carbocycles.